The number of amides is 1. The van der Waals surface area contributed by atoms with Crippen LogP contribution in [-0.2, 0) is 4.74 Å². The van der Waals surface area contributed by atoms with Gasteiger partial charge in [0.2, 0.25) is 0 Å². The Morgan fingerprint density at radius 3 is 2.24 bits per heavy atom. The molecule has 1 N–H and O–H groups in total. The maximum Gasteiger partial charge on any atom is 0.336 e. The molecule has 1 aromatic rings. The van der Waals surface area contributed by atoms with Gasteiger partial charge in [-0.05, 0) is 25.0 Å². The predicted molar refractivity (Wildman–Crippen MR) is 69.3 cm³/mol. The van der Waals surface area contributed by atoms with Crippen molar-refractivity contribution in [3.05, 3.63) is 34.9 Å². The van der Waals surface area contributed by atoms with Crippen LogP contribution in [0.25, 0.3) is 0 Å². The minimum absolute atomic E-state index is 0.110. The van der Waals surface area contributed by atoms with E-state index < -0.39 is 29.1 Å². The number of hydrogen-bond acceptors (Lipinski definition) is 3. The van der Waals surface area contributed by atoms with Crippen LogP contribution in [0, 0.1) is 11.6 Å². The minimum atomic E-state index is -1.47. The fourth-order valence-corrected chi connectivity index (χ4v) is 2.33. The second kappa shape index (κ2) is 6.17. The number of benzene rings is 1. The van der Waals surface area contributed by atoms with Crippen molar-refractivity contribution in [2.75, 3.05) is 20.3 Å². The summed E-state index contributed by atoms with van der Waals surface area (Å²) in [5, 5.41) is 9.04. The van der Waals surface area contributed by atoms with Gasteiger partial charge in [-0.25, -0.2) is 13.6 Å². The van der Waals surface area contributed by atoms with Crippen molar-refractivity contribution in [3.63, 3.8) is 0 Å². The number of carbonyl (C=O) groups excluding carboxylic acids is 1. The number of carbonyl (C=O) groups is 2. The molecule has 1 amide bonds. The SMILES string of the molecule is CN(C(=O)c1cc(F)c(F)cc1C(=O)O)C1CCOCC1. The Balaban J connectivity index is 2.33. The lowest BCUT2D eigenvalue weighted by Crippen LogP contribution is -2.41. The molecule has 114 valence electrons. The van der Waals surface area contributed by atoms with Crippen LogP contribution >= 0.6 is 0 Å². The lowest BCUT2D eigenvalue weighted by molar-refractivity contribution is 0.0358. The number of aromatic carboxylic acids is 1. The van der Waals surface area contributed by atoms with E-state index in [1.54, 1.807) is 0 Å². The Morgan fingerprint density at radius 1 is 1.19 bits per heavy atom. The molecule has 0 aliphatic carbocycles. The third kappa shape index (κ3) is 3.18. The van der Waals surface area contributed by atoms with Gasteiger partial charge in [-0.3, -0.25) is 4.79 Å². The van der Waals surface area contributed by atoms with E-state index in [1.807, 2.05) is 0 Å². The average molecular weight is 299 g/mol. The van der Waals surface area contributed by atoms with E-state index in [0.717, 1.165) is 0 Å². The lowest BCUT2D eigenvalue weighted by Gasteiger charge is -2.31. The van der Waals surface area contributed by atoms with Crippen molar-refractivity contribution >= 4 is 11.9 Å². The molecule has 1 saturated heterocycles. The van der Waals surface area contributed by atoms with Crippen molar-refractivity contribution in [1.82, 2.24) is 4.90 Å². The smallest absolute Gasteiger partial charge is 0.336 e. The topological polar surface area (TPSA) is 66.8 Å². The van der Waals surface area contributed by atoms with Gasteiger partial charge in [0.25, 0.3) is 5.91 Å². The Labute approximate surface area is 120 Å². The van der Waals surface area contributed by atoms with E-state index >= 15 is 0 Å². The molecule has 1 fully saturated rings. The fourth-order valence-electron chi connectivity index (χ4n) is 2.33. The van der Waals surface area contributed by atoms with E-state index in [-0.39, 0.29) is 11.6 Å². The molecule has 0 radical (unpaired) electrons. The summed E-state index contributed by atoms with van der Waals surface area (Å²) in [6.45, 7) is 1.01. The van der Waals surface area contributed by atoms with E-state index in [9.17, 15) is 18.4 Å². The molecule has 1 aliphatic rings. The molecular weight excluding hydrogens is 284 g/mol. The third-order valence-electron chi connectivity index (χ3n) is 3.58. The molecular formula is C14H15F2NO4. The zero-order valence-corrected chi connectivity index (χ0v) is 11.4. The number of rotatable bonds is 3. The summed E-state index contributed by atoms with van der Waals surface area (Å²) in [6.07, 6.45) is 1.24. The average Bonchev–Trinajstić information content (AvgIpc) is 2.48. The van der Waals surface area contributed by atoms with E-state index in [4.69, 9.17) is 9.84 Å². The Morgan fingerprint density at radius 2 is 1.71 bits per heavy atom. The van der Waals surface area contributed by atoms with Crippen LogP contribution in [0.4, 0.5) is 8.78 Å². The Bertz CT molecular complexity index is 570. The summed E-state index contributed by atoms with van der Waals surface area (Å²) in [7, 11) is 1.52. The molecule has 2 rings (SSSR count). The fraction of sp³-hybridized carbons (Fsp3) is 0.429. The van der Waals surface area contributed by atoms with Crippen LogP contribution in [0.2, 0.25) is 0 Å². The van der Waals surface area contributed by atoms with E-state index in [2.05, 4.69) is 0 Å². The number of halogens is 2. The van der Waals surface area contributed by atoms with Crippen molar-refractivity contribution in [2.45, 2.75) is 18.9 Å². The standard InChI is InChI=1S/C14H15F2NO4/c1-17(8-2-4-21-5-3-8)13(18)9-6-11(15)12(16)7-10(9)14(19)20/h6-8H,2-5H2,1H3,(H,19,20). The summed E-state index contributed by atoms with van der Waals surface area (Å²) in [6, 6.07) is 1.06. The number of carboxylic acid groups (broad SMARTS) is 1. The van der Waals surface area contributed by atoms with Gasteiger partial charge in [-0.2, -0.15) is 0 Å². The van der Waals surface area contributed by atoms with Gasteiger partial charge in [0.15, 0.2) is 11.6 Å². The first kappa shape index (κ1) is 15.4. The maximum atomic E-state index is 13.3. The number of hydrogen-bond donors (Lipinski definition) is 1. The summed E-state index contributed by atoms with van der Waals surface area (Å²) in [5.74, 6) is -4.66. The van der Waals surface area contributed by atoms with Crippen LogP contribution in [0.5, 0.6) is 0 Å². The van der Waals surface area contributed by atoms with Crippen molar-refractivity contribution in [2.24, 2.45) is 0 Å². The predicted octanol–water partition coefficient (Wildman–Crippen LogP) is 1.91. The summed E-state index contributed by atoms with van der Waals surface area (Å²) < 4.78 is 31.7. The van der Waals surface area contributed by atoms with Gasteiger partial charge in [-0.1, -0.05) is 0 Å². The third-order valence-corrected chi connectivity index (χ3v) is 3.58. The van der Waals surface area contributed by atoms with Crippen LogP contribution in [-0.4, -0.2) is 48.2 Å². The largest absolute Gasteiger partial charge is 0.478 e. The minimum Gasteiger partial charge on any atom is -0.478 e. The zero-order chi connectivity index (χ0) is 15.6. The molecule has 0 atom stereocenters. The van der Waals surface area contributed by atoms with Crippen LogP contribution in [0.3, 0.4) is 0 Å². The molecule has 21 heavy (non-hydrogen) atoms. The first-order valence-corrected chi connectivity index (χ1v) is 6.49. The quantitative estimate of drug-likeness (QED) is 0.926. The van der Waals surface area contributed by atoms with E-state index in [0.29, 0.717) is 38.2 Å². The maximum absolute atomic E-state index is 13.3. The Hall–Kier alpha value is -2.02. The molecule has 0 bridgehead atoms. The van der Waals surface area contributed by atoms with Crippen molar-refractivity contribution < 1.29 is 28.2 Å². The number of carboxylic acids is 1. The highest BCUT2D eigenvalue weighted by molar-refractivity contribution is 6.04. The van der Waals surface area contributed by atoms with Crippen molar-refractivity contribution in [1.29, 1.82) is 0 Å². The molecule has 0 aromatic heterocycles. The second-order valence-corrected chi connectivity index (χ2v) is 4.88. The molecule has 7 heteroatoms. The van der Waals surface area contributed by atoms with E-state index in [1.165, 1.54) is 11.9 Å². The number of nitrogens with zero attached hydrogens (tertiary/aromatic N) is 1. The monoisotopic (exact) mass is 299 g/mol. The Kier molecular flexibility index (Phi) is 4.52. The molecule has 1 aliphatic heterocycles. The first-order chi connectivity index (χ1) is 9.91. The number of ether oxygens (including phenoxy) is 1. The van der Waals surface area contributed by atoms with Gasteiger partial charge in [-0.15, -0.1) is 0 Å². The molecule has 0 unspecified atom stereocenters. The van der Waals surface area contributed by atoms with Gasteiger partial charge >= 0.3 is 5.97 Å². The summed E-state index contributed by atoms with van der Waals surface area (Å²) in [4.78, 5) is 24.8. The summed E-state index contributed by atoms with van der Waals surface area (Å²) >= 11 is 0. The highest BCUT2D eigenvalue weighted by atomic mass is 19.2. The van der Waals surface area contributed by atoms with Crippen molar-refractivity contribution in [3.8, 4) is 0 Å². The highest BCUT2D eigenvalue weighted by Crippen LogP contribution is 2.20. The molecule has 5 nitrogen and oxygen atoms in total. The van der Waals surface area contributed by atoms with Gasteiger partial charge in [0.1, 0.15) is 0 Å². The molecule has 0 saturated carbocycles. The van der Waals surface area contributed by atoms with Gasteiger partial charge in [0, 0.05) is 26.3 Å². The molecule has 0 spiro atoms. The van der Waals surface area contributed by atoms with Crippen LogP contribution in [0.1, 0.15) is 33.6 Å². The molecule has 1 aromatic carbocycles. The van der Waals surface area contributed by atoms with Gasteiger partial charge in [0.05, 0.1) is 11.1 Å². The van der Waals surface area contributed by atoms with Gasteiger partial charge < -0.3 is 14.7 Å². The van der Waals surface area contributed by atoms with Crippen LogP contribution in [0.15, 0.2) is 12.1 Å². The lowest BCUT2D eigenvalue weighted by atomic mass is 10.0. The first-order valence-electron chi connectivity index (χ1n) is 6.49. The highest BCUT2D eigenvalue weighted by Gasteiger charge is 2.27. The zero-order valence-electron chi connectivity index (χ0n) is 11.4. The molecule has 1 heterocycles. The summed E-state index contributed by atoms with van der Waals surface area (Å²) in [5.41, 5.74) is -0.895. The van der Waals surface area contributed by atoms with Crippen LogP contribution < -0.4 is 0 Å². The second-order valence-electron chi connectivity index (χ2n) is 4.88. The normalized spacial score (nSPS) is 15.8.